The second kappa shape index (κ2) is 10.1. The monoisotopic (exact) mass is 452 g/mol. The number of benzene rings is 2. The van der Waals surface area contributed by atoms with Gasteiger partial charge in [-0.15, -0.1) is 0 Å². The zero-order valence-electron chi connectivity index (χ0n) is 21.5. The van der Waals surface area contributed by atoms with Crippen LogP contribution in [0.25, 0.3) is 0 Å². The molecule has 1 heterocycles. The Balaban J connectivity index is 0.000000234. The van der Waals surface area contributed by atoms with Gasteiger partial charge in [-0.2, -0.15) is 0 Å². The summed E-state index contributed by atoms with van der Waals surface area (Å²) in [5.41, 5.74) is 5.46. The van der Waals surface area contributed by atoms with Crippen molar-refractivity contribution in [1.82, 2.24) is 0 Å². The maximum absolute atomic E-state index is 11.3. The topological polar surface area (TPSA) is 66.8 Å². The van der Waals surface area contributed by atoms with Crippen molar-refractivity contribution in [2.45, 2.75) is 91.3 Å². The van der Waals surface area contributed by atoms with Gasteiger partial charge in [0.25, 0.3) is 0 Å². The number of rotatable bonds is 5. The number of hydrogen-bond acceptors (Lipinski definition) is 3. The highest BCUT2D eigenvalue weighted by molar-refractivity contribution is 5.81. The minimum Gasteiger partial charge on any atom is -0.493 e. The molecule has 180 valence electrons. The Bertz CT molecular complexity index is 1010. The number of ether oxygens (including phenoxy) is 1. The van der Waals surface area contributed by atoms with E-state index in [4.69, 9.17) is 4.74 Å². The van der Waals surface area contributed by atoms with Crippen LogP contribution < -0.4 is 0 Å². The Morgan fingerprint density at radius 1 is 1.06 bits per heavy atom. The van der Waals surface area contributed by atoms with Crippen LogP contribution in [0, 0.1) is 0 Å². The quantitative estimate of drug-likeness (QED) is 0.524. The highest BCUT2D eigenvalue weighted by Crippen LogP contribution is 2.39. The van der Waals surface area contributed by atoms with E-state index in [-0.39, 0.29) is 12.0 Å². The lowest BCUT2D eigenvalue weighted by Crippen LogP contribution is -2.30. The molecule has 0 unspecified atom stereocenters. The van der Waals surface area contributed by atoms with Gasteiger partial charge in [0.1, 0.15) is 6.61 Å². The highest BCUT2D eigenvalue weighted by Gasteiger charge is 2.33. The van der Waals surface area contributed by atoms with Crippen molar-refractivity contribution in [1.29, 1.82) is 0 Å². The summed E-state index contributed by atoms with van der Waals surface area (Å²) < 4.78 is 5.63. The van der Waals surface area contributed by atoms with Crippen molar-refractivity contribution in [3.05, 3.63) is 82.1 Å². The molecule has 0 fully saturated rings. The van der Waals surface area contributed by atoms with E-state index in [0.717, 1.165) is 11.3 Å². The van der Waals surface area contributed by atoms with E-state index in [1.54, 1.807) is 13.8 Å². The van der Waals surface area contributed by atoms with E-state index in [2.05, 4.69) is 66.3 Å². The second-order valence-corrected chi connectivity index (χ2v) is 10.6. The standard InChI is InChI=1S/C15H20O.C14H20O3/c1-10(2)12-6-7-13-9-16-11(3)15(4,5)14(13)8-12;1-9(2)10-5-6-11(8-15)12(7-10)14(3,4)13(16)17/h6-8,10H,3,9H2,1-2,4-5H3;5-7,9,15H,8H2,1-4H3,(H,16,17). The van der Waals surface area contributed by atoms with Crippen LogP contribution in [-0.2, 0) is 33.6 Å². The van der Waals surface area contributed by atoms with Crippen LogP contribution in [0.3, 0.4) is 0 Å². The molecule has 1 aliphatic heterocycles. The number of aliphatic hydroxyl groups is 1. The molecule has 0 aromatic heterocycles. The van der Waals surface area contributed by atoms with Gasteiger partial charge < -0.3 is 14.9 Å². The van der Waals surface area contributed by atoms with Crippen LogP contribution in [0.15, 0.2) is 48.7 Å². The van der Waals surface area contributed by atoms with Gasteiger partial charge in [-0.05, 0) is 72.9 Å². The maximum Gasteiger partial charge on any atom is 0.313 e. The first-order valence-corrected chi connectivity index (χ1v) is 11.7. The van der Waals surface area contributed by atoms with E-state index in [0.29, 0.717) is 29.6 Å². The number of carboxylic acids is 1. The number of hydrogen-bond donors (Lipinski definition) is 2. The van der Waals surface area contributed by atoms with Crippen LogP contribution in [-0.4, -0.2) is 16.2 Å². The molecule has 2 N–H and O–H groups in total. The summed E-state index contributed by atoms with van der Waals surface area (Å²) in [7, 11) is 0. The van der Waals surface area contributed by atoms with Gasteiger partial charge in [0.2, 0.25) is 0 Å². The zero-order valence-corrected chi connectivity index (χ0v) is 21.5. The number of carboxylic acid groups (broad SMARTS) is 1. The minimum absolute atomic E-state index is 0.0709. The fourth-order valence-electron chi connectivity index (χ4n) is 3.94. The van der Waals surface area contributed by atoms with Crippen molar-refractivity contribution in [2.24, 2.45) is 0 Å². The summed E-state index contributed by atoms with van der Waals surface area (Å²) in [4.78, 5) is 11.3. The minimum atomic E-state index is -0.983. The van der Waals surface area contributed by atoms with Gasteiger partial charge in [0, 0.05) is 5.41 Å². The third-order valence-electron chi connectivity index (χ3n) is 6.75. The summed E-state index contributed by atoms with van der Waals surface area (Å²) in [6.07, 6.45) is 0. The Morgan fingerprint density at radius 2 is 1.61 bits per heavy atom. The van der Waals surface area contributed by atoms with Gasteiger partial charge in [-0.25, -0.2) is 0 Å². The highest BCUT2D eigenvalue weighted by atomic mass is 16.5. The zero-order chi connectivity index (χ0) is 25.1. The maximum atomic E-state index is 11.3. The molecule has 0 radical (unpaired) electrons. The van der Waals surface area contributed by atoms with Gasteiger partial charge in [-0.3, -0.25) is 4.79 Å². The largest absolute Gasteiger partial charge is 0.493 e. The molecule has 0 saturated carbocycles. The van der Waals surface area contributed by atoms with E-state index in [1.807, 2.05) is 18.2 Å². The van der Waals surface area contributed by atoms with Crippen molar-refractivity contribution in [3.8, 4) is 0 Å². The summed E-state index contributed by atoms with van der Waals surface area (Å²) in [5, 5.41) is 18.6. The third kappa shape index (κ3) is 5.67. The predicted octanol–water partition coefficient (Wildman–Crippen LogP) is 6.80. The number of allylic oxidation sites excluding steroid dienone is 1. The van der Waals surface area contributed by atoms with Crippen LogP contribution in [0.2, 0.25) is 0 Å². The molecule has 4 nitrogen and oxygen atoms in total. The van der Waals surface area contributed by atoms with Gasteiger partial charge in [0.15, 0.2) is 0 Å². The van der Waals surface area contributed by atoms with Gasteiger partial charge >= 0.3 is 5.97 Å². The van der Waals surface area contributed by atoms with Crippen molar-refractivity contribution < 1.29 is 19.7 Å². The Kier molecular flexibility index (Phi) is 8.18. The van der Waals surface area contributed by atoms with E-state index in [9.17, 15) is 15.0 Å². The molecule has 0 amide bonds. The predicted molar refractivity (Wildman–Crippen MR) is 135 cm³/mol. The average Bonchev–Trinajstić information content (AvgIpc) is 2.76. The molecule has 0 atom stereocenters. The third-order valence-corrected chi connectivity index (χ3v) is 6.75. The van der Waals surface area contributed by atoms with Crippen LogP contribution >= 0.6 is 0 Å². The number of fused-ring (bicyclic) bond motifs is 1. The fraction of sp³-hybridized carbons (Fsp3) is 0.483. The molecule has 0 bridgehead atoms. The van der Waals surface area contributed by atoms with Crippen molar-refractivity contribution in [3.63, 3.8) is 0 Å². The molecular weight excluding hydrogens is 412 g/mol. The summed E-state index contributed by atoms with van der Waals surface area (Å²) >= 11 is 0. The molecule has 33 heavy (non-hydrogen) atoms. The molecule has 3 rings (SSSR count). The number of aliphatic carboxylic acids is 1. The normalized spacial score (nSPS) is 14.9. The number of carbonyl (C=O) groups is 1. The molecule has 0 aliphatic carbocycles. The summed E-state index contributed by atoms with van der Waals surface area (Å²) in [5.74, 6) is 0.900. The molecule has 2 aromatic carbocycles. The molecular formula is C29H40O4. The SMILES string of the molecule is C=C1OCc2ccc(C(C)C)cc2C1(C)C.CC(C)c1ccc(CO)c(C(C)(C)C(=O)O)c1. The van der Waals surface area contributed by atoms with E-state index >= 15 is 0 Å². The Hall–Kier alpha value is -2.59. The fourth-order valence-corrected chi connectivity index (χ4v) is 3.94. The summed E-state index contributed by atoms with van der Waals surface area (Å²) in [6, 6.07) is 12.4. The first-order chi connectivity index (χ1) is 15.2. The van der Waals surface area contributed by atoms with E-state index in [1.165, 1.54) is 16.7 Å². The first kappa shape index (κ1) is 26.7. The van der Waals surface area contributed by atoms with Crippen LogP contribution in [0.5, 0.6) is 0 Å². The van der Waals surface area contributed by atoms with Crippen LogP contribution in [0.1, 0.15) is 101 Å². The molecule has 4 heteroatoms. The average molecular weight is 453 g/mol. The van der Waals surface area contributed by atoms with Crippen LogP contribution in [0.4, 0.5) is 0 Å². The lowest BCUT2D eigenvalue weighted by Gasteiger charge is -2.35. The second-order valence-electron chi connectivity index (χ2n) is 10.6. The summed E-state index contributed by atoms with van der Waals surface area (Å²) in [6.45, 7) is 20.8. The first-order valence-electron chi connectivity index (χ1n) is 11.7. The van der Waals surface area contributed by atoms with E-state index < -0.39 is 11.4 Å². The molecule has 0 spiro atoms. The van der Waals surface area contributed by atoms with Gasteiger partial charge in [-0.1, -0.05) is 70.7 Å². The Morgan fingerprint density at radius 3 is 2.12 bits per heavy atom. The lowest BCUT2D eigenvalue weighted by molar-refractivity contribution is -0.142. The smallest absolute Gasteiger partial charge is 0.313 e. The molecule has 1 aliphatic rings. The van der Waals surface area contributed by atoms with Crippen molar-refractivity contribution in [2.75, 3.05) is 0 Å². The lowest BCUT2D eigenvalue weighted by atomic mass is 9.77. The van der Waals surface area contributed by atoms with Gasteiger partial charge in [0.05, 0.1) is 17.8 Å². The molecule has 0 saturated heterocycles. The Labute approximate surface area is 199 Å². The molecule has 2 aromatic rings. The number of aliphatic hydroxyl groups excluding tert-OH is 1. The van der Waals surface area contributed by atoms with Crippen molar-refractivity contribution >= 4 is 5.97 Å².